The predicted molar refractivity (Wildman–Crippen MR) is 71.3 cm³/mol. The molecule has 1 heterocycles. The van der Waals surface area contributed by atoms with Gasteiger partial charge in [-0.3, -0.25) is 0 Å². The van der Waals surface area contributed by atoms with E-state index in [2.05, 4.69) is 21.2 Å². The maximum Gasteiger partial charge on any atom is 0.128 e. The van der Waals surface area contributed by atoms with Crippen molar-refractivity contribution in [3.8, 4) is 0 Å². The van der Waals surface area contributed by atoms with Crippen molar-refractivity contribution in [1.29, 1.82) is 0 Å². The van der Waals surface area contributed by atoms with Gasteiger partial charge in [-0.05, 0) is 37.1 Å². The predicted octanol–water partition coefficient (Wildman–Crippen LogP) is 3.57. The van der Waals surface area contributed by atoms with E-state index in [4.69, 9.17) is 0 Å². The van der Waals surface area contributed by atoms with Crippen LogP contribution in [0.1, 0.15) is 18.4 Å². The van der Waals surface area contributed by atoms with Gasteiger partial charge in [-0.1, -0.05) is 22.0 Å². The Bertz CT molecular complexity index is 353. The molecule has 1 nitrogen and oxygen atoms in total. The van der Waals surface area contributed by atoms with Crippen molar-refractivity contribution in [3.63, 3.8) is 0 Å². The Morgan fingerprint density at radius 3 is 3.06 bits per heavy atom. The zero-order chi connectivity index (χ0) is 11.4. The van der Waals surface area contributed by atoms with Gasteiger partial charge in [0.2, 0.25) is 0 Å². The molecule has 1 unspecified atom stereocenters. The summed E-state index contributed by atoms with van der Waals surface area (Å²) in [4.78, 5) is 0. The highest BCUT2D eigenvalue weighted by Crippen LogP contribution is 2.25. The Morgan fingerprint density at radius 1 is 1.50 bits per heavy atom. The van der Waals surface area contributed by atoms with Crippen LogP contribution in [-0.2, 0) is 5.75 Å². The van der Waals surface area contributed by atoms with Crippen LogP contribution in [0.25, 0.3) is 0 Å². The molecule has 1 fully saturated rings. The molecule has 88 valence electrons. The number of piperidine rings is 1. The minimum absolute atomic E-state index is 0.106. The summed E-state index contributed by atoms with van der Waals surface area (Å²) >= 11 is 5.12. The molecule has 0 amide bonds. The second-order valence-electron chi connectivity index (χ2n) is 4.02. The third kappa shape index (κ3) is 3.47. The van der Waals surface area contributed by atoms with E-state index < -0.39 is 0 Å². The summed E-state index contributed by atoms with van der Waals surface area (Å²) in [6.07, 6.45) is 2.48. The second-order valence-corrected chi connectivity index (χ2v) is 6.22. The first kappa shape index (κ1) is 12.4. The molecule has 1 N–H and O–H groups in total. The molecule has 1 aromatic carbocycles. The summed E-state index contributed by atoms with van der Waals surface area (Å²) < 4.78 is 14.3. The Balaban J connectivity index is 1.88. The summed E-state index contributed by atoms with van der Waals surface area (Å²) in [5.41, 5.74) is 0.804. The number of benzene rings is 1. The van der Waals surface area contributed by atoms with Crippen LogP contribution < -0.4 is 5.32 Å². The van der Waals surface area contributed by atoms with Crippen LogP contribution in [-0.4, -0.2) is 18.3 Å². The van der Waals surface area contributed by atoms with Crippen molar-refractivity contribution in [3.05, 3.63) is 34.1 Å². The molecular formula is C12H15BrFNS. The van der Waals surface area contributed by atoms with Crippen LogP contribution >= 0.6 is 27.7 Å². The van der Waals surface area contributed by atoms with Gasteiger partial charge in [0.15, 0.2) is 0 Å². The molecule has 0 aromatic heterocycles. The third-order valence-corrected chi connectivity index (χ3v) is 4.59. The minimum atomic E-state index is -0.106. The molecule has 1 aliphatic heterocycles. The molecule has 0 bridgehead atoms. The van der Waals surface area contributed by atoms with Crippen LogP contribution in [0.5, 0.6) is 0 Å². The summed E-state index contributed by atoms with van der Waals surface area (Å²) in [7, 11) is 0. The van der Waals surface area contributed by atoms with E-state index >= 15 is 0 Å². The van der Waals surface area contributed by atoms with E-state index in [1.54, 1.807) is 0 Å². The minimum Gasteiger partial charge on any atom is -0.316 e. The lowest BCUT2D eigenvalue weighted by Gasteiger charge is -2.22. The van der Waals surface area contributed by atoms with Gasteiger partial charge < -0.3 is 5.32 Å². The summed E-state index contributed by atoms with van der Waals surface area (Å²) in [6, 6.07) is 5.30. The largest absolute Gasteiger partial charge is 0.316 e. The monoisotopic (exact) mass is 303 g/mol. The highest BCUT2D eigenvalue weighted by molar-refractivity contribution is 9.10. The van der Waals surface area contributed by atoms with Crippen LogP contribution in [0.2, 0.25) is 0 Å². The van der Waals surface area contributed by atoms with Gasteiger partial charge in [-0.25, -0.2) is 4.39 Å². The average molecular weight is 304 g/mol. The third-order valence-electron chi connectivity index (χ3n) is 2.74. The molecule has 16 heavy (non-hydrogen) atoms. The maximum atomic E-state index is 13.5. The van der Waals surface area contributed by atoms with Gasteiger partial charge in [0.25, 0.3) is 0 Å². The summed E-state index contributed by atoms with van der Waals surface area (Å²) in [5, 5.41) is 4.01. The quantitative estimate of drug-likeness (QED) is 0.916. The van der Waals surface area contributed by atoms with Crippen molar-refractivity contribution in [2.75, 3.05) is 13.1 Å². The van der Waals surface area contributed by atoms with Gasteiger partial charge in [0, 0.05) is 22.0 Å². The van der Waals surface area contributed by atoms with Gasteiger partial charge in [0.1, 0.15) is 5.82 Å². The number of rotatable bonds is 3. The fourth-order valence-electron chi connectivity index (χ4n) is 1.81. The average Bonchev–Trinajstić information content (AvgIpc) is 2.29. The molecule has 0 aliphatic carbocycles. The first-order valence-electron chi connectivity index (χ1n) is 5.52. The lowest BCUT2D eigenvalue weighted by molar-refractivity contribution is 0.531. The van der Waals surface area contributed by atoms with Crippen LogP contribution in [0.4, 0.5) is 4.39 Å². The van der Waals surface area contributed by atoms with Crippen LogP contribution in [0.15, 0.2) is 22.7 Å². The molecule has 2 rings (SSSR count). The lowest BCUT2D eigenvalue weighted by Crippen LogP contribution is -2.31. The lowest BCUT2D eigenvalue weighted by atomic mass is 10.2. The second kappa shape index (κ2) is 6.03. The molecule has 1 saturated heterocycles. The number of nitrogens with one attached hydrogen (secondary N) is 1. The SMILES string of the molecule is Fc1cc(Br)ccc1CSC1CCCNC1. The van der Waals surface area contributed by atoms with Crippen molar-refractivity contribution >= 4 is 27.7 Å². The fourth-order valence-corrected chi connectivity index (χ4v) is 3.36. The van der Waals surface area contributed by atoms with Gasteiger partial charge in [-0.15, -0.1) is 0 Å². The molecule has 1 aromatic rings. The first-order chi connectivity index (χ1) is 7.75. The van der Waals surface area contributed by atoms with E-state index in [1.165, 1.54) is 18.9 Å². The van der Waals surface area contributed by atoms with E-state index in [0.717, 1.165) is 28.9 Å². The van der Waals surface area contributed by atoms with E-state index in [0.29, 0.717) is 5.25 Å². The Morgan fingerprint density at radius 2 is 2.38 bits per heavy atom. The maximum absolute atomic E-state index is 13.5. The van der Waals surface area contributed by atoms with Crippen molar-refractivity contribution < 1.29 is 4.39 Å². The molecule has 4 heteroatoms. The molecule has 0 radical (unpaired) electrons. The summed E-state index contributed by atoms with van der Waals surface area (Å²) in [5.74, 6) is 0.663. The first-order valence-corrected chi connectivity index (χ1v) is 7.36. The van der Waals surface area contributed by atoms with Crippen molar-refractivity contribution in [2.24, 2.45) is 0 Å². The molecular weight excluding hydrogens is 289 g/mol. The Labute approximate surface area is 108 Å². The van der Waals surface area contributed by atoms with Gasteiger partial charge in [0.05, 0.1) is 0 Å². The number of thioether (sulfide) groups is 1. The van der Waals surface area contributed by atoms with Crippen LogP contribution in [0, 0.1) is 5.82 Å². The van der Waals surface area contributed by atoms with Gasteiger partial charge in [-0.2, -0.15) is 11.8 Å². The standard InChI is InChI=1S/C12H15BrFNS/c13-10-4-3-9(12(14)6-10)8-16-11-2-1-5-15-7-11/h3-4,6,11,15H,1-2,5,7-8H2. The smallest absolute Gasteiger partial charge is 0.128 e. The topological polar surface area (TPSA) is 12.0 Å². The highest BCUT2D eigenvalue weighted by atomic mass is 79.9. The van der Waals surface area contributed by atoms with E-state index in [1.807, 2.05) is 23.9 Å². The fraction of sp³-hybridized carbons (Fsp3) is 0.500. The van der Waals surface area contributed by atoms with Crippen molar-refractivity contribution in [1.82, 2.24) is 5.32 Å². The molecule has 0 saturated carbocycles. The van der Waals surface area contributed by atoms with Crippen molar-refractivity contribution in [2.45, 2.75) is 23.8 Å². The van der Waals surface area contributed by atoms with Crippen LogP contribution in [0.3, 0.4) is 0 Å². The molecule has 1 aliphatic rings. The number of hydrogen-bond acceptors (Lipinski definition) is 2. The number of hydrogen-bond donors (Lipinski definition) is 1. The highest BCUT2D eigenvalue weighted by Gasteiger charge is 2.14. The molecule has 1 atom stereocenters. The zero-order valence-electron chi connectivity index (χ0n) is 9.01. The van der Waals surface area contributed by atoms with E-state index in [9.17, 15) is 4.39 Å². The van der Waals surface area contributed by atoms with Gasteiger partial charge >= 0.3 is 0 Å². The van der Waals surface area contributed by atoms with E-state index in [-0.39, 0.29) is 5.82 Å². The molecule has 0 spiro atoms. The Kier molecular flexibility index (Phi) is 4.67. The number of halogens is 2. The summed E-state index contributed by atoms with van der Waals surface area (Å²) in [6.45, 7) is 2.19. The zero-order valence-corrected chi connectivity index (χ0v) is 11.4. The Hall–Kier alpha value is -0.0600. The normalized spacial score (nSPS) is 21.0.